The van der Waals surface area contributed by atoms with Gasteiger partial charge in [0.05, 0.1) is 10.2 Å². The van der Waals surface area contributed by atoms with Gasteiger partial charge in [-0.15, -0.1) is 0 Å². The summed E-state index contributed by atoms with van der Waals surface area (Å²) in [5.74, 6) is 0.118. The molecule has 1 saturated heterocycles. The van der Waals surface area contributed by atoms with Gasteiger partial charge in [-0.2, -0.15) is 5.10 Å². The van der Waals surface area contributed by atoms with Crippen LogP contribution in [0.15, 0.2) is 34.9 Å². The zero-order valence-electron chi connectivity index (χ0n) is 13.6. The molecule has 24 heavy (non-hydrogen) atoms. The molecule has 1 aliphatic rings. The molecule has 0 saturated carbocycles. The predicted octanol–water partition coefficient (Wildman–Crippen LogP) is 2.95. The number of hydrogen-bond donors (Lipinski definition) is 0. The molecule has 1 aliphatic heterocycles. The van der Waals surface area contributed by atoms with Gasteiger partial charge >= 0.3 is 0 Å². The lowest BCUT2D eigenvalue weighted by atomic mass is 10.2. The molecule has 3 rings (SSSR count). The summed E-state index contributed by atoms with van der Waals surface area (Å²) >= 11 is 9.46. The van der Waals surface area contributed by atoms with Gasteiger partial charge in [-0.25, -0.2) is 0 Å². The zero-order chi connectivity index (χ0) is 17.1. The number of halogens is 2. The second-order valence-corrected chi connectivity index (χ2v) is 7.34. The van der Waals surface area contributed by atoms with Crippen molar-refractivity contribution in [3.63, 3.8) is 0 Å². The topological polar surface area (TPSA) is 41.4 Å². The first kappa shape index (κ1) is 17.5. The number of piperazine rings is 1. The molecule has 0 bridgehead atoms. The fourth-order valence-corrected chi connectivity index (χ4v) is 3.39. The molecule has 0 radical (unpaired) electrons. The Morgan fingerprint density at radius 2 is 2.04 bits per heavy atom. The van der Waals surface area contributed by atoms with E-state index in [-0.39, 0.29) is 5.91 Å². The van der Waals surface area contributed by atoms with E-state index in [0.717, 1.165) is 47.9 Å². The summed E-state index contributed by atoms with van der Waals surface area (Å²) in [5.41, 5.74) is 2.10. The van der Waals surface area contributed by atoms with Gasteiger partial charge in [-0.1, -0.05) is 23.7 Å². The van der Waals surface area contributed by atoms with Crippen molar-refractivity contribution in [2.45, 2.75) is 20.0 Å². The van der Waals surface area contributed by atoms with Crippen LogP contribution in [0.2, 0.25) is 5.02 Å². The van der Waals surface area contributed by atoms with E-state index < -0.39 is 0 Å². The van der Waals surface area contributed by atoms with Gasteiger partial charge in [0.25, 0.3) is 0 Å². The quantitative estimate of drug-likeness (QED) is 0.777. The normalized spacial score (nSPS) is 15.7. The third-order valence-corrected chi connectivity index (χ3v) is 5.22. The van der Waals surface area contributed by atoms with Crippen LogP contribution in [-0.4, -0.2) is 51.7 Å². The highest BCUT2D eigenvalue weighted by molar-refractivity contribution is 9.10. The van der Waals surface area contributed by atoms with E-state index in [1.165, 1.54) is 5.56 Å². The molecule has 0 unspecified atom stereocenters. The highest BCUT2D eigenvalue weighted by Crippen LogP contribution is 2.15. The van der Waals surface area contributed by atoms with Gasteiger partial charge in [-0.3, -0.25) is 14.4 Å². The summed E-state index contributed by atoms with van der Waals surface area (Å²) in [7, 11) is 0. The molecule has 0 N–H and O–H groups in total. The number of aryl methyl sites for hydroxylation is 1. The molecular formula is C17H20BrClN4O. The van der Waals surface area contributed by atoms with E-state index in [9.17, 15) is 4.79 Å². The Morgan fingerprint density at radius 1 is 1.29 bits per heavy atom. The maximum absolute atomic E-state index is 12.4. The summed E-state index contributed by atoms with van der Waals surface area (Å²) in [6.07, 6.45) is 1.85. The minimum Gasteiger partial charge on any atom is -0.339 e. The fourth-order valence-electron chi connectivity index (χ4n) is 2.86. The predicted molar refractivity (Wildman–Crippen MR) is 98.0 cm³/mol. The first-order valence-electron chi connectivity index (χ1n) is 7.95. The van der Waals surface area contributed by atoms with Crippen LogP contribution in [0.25, 0.3) is 0 Å². The molecule has 128 valence electrons. The lowest BCUT2D eigenvalue weighted by molar-refractivity contribution is -0.133. The fraction of sp³-hybridized carbons (Fsp3) is 0.412. The molecule has 1 amide bonds. The van der Waals surface area contributed by atoms with Crippen molar-refractivity contribution in [2.24, 2.45) is 0 Å². The number of aromatic nitrogens is 2. The lowest BCUT2D eigenvalue weighted by Crippen LogP contribution is -2.49. The Balaban J connectivity index is 1.50. The molecule has 1 aromatic carbocycles. The van der Waals surface area contributed by atoms with Gasteiger partial charge in [-0.05, 0) is 40.5 Å². The summed E-state index contributed by atoms with van der Waals surface area (Å²) in [6, 6.07) is 7.94. The second-order valence-electron chi connectivity index (χ2n) is 6.05. The molecule has 0 atom stereocenters. The standard InChI is InChI=1S/C17H20BrClN4O/c1-13-16(18)11-23(20-13)12-17(24)22-7-5-21(6-8-22)10-14-3-2-4-15(19)9-14/h2-4,9,11H,5-8,10,12H2,1H3. The number of nitrogens with zero attached hydrogens (tertiary/aromatic N) is 4. The van der Waals surface area contributed by atoms with Gasteiger partial charge in [0.2, 0.25) is 5.91 Å². The van der Waals surface area contributed by atoms with Crippen LogP contribution in [0.1, 0.15) is 11.3 Å². The molecule has 2 aromatic rings. The monoisotopic (exact) mass is 410 g/mol. The number of rotatable bonds is 4. The van der Waals surface area contributed by atoms with Crippen LogP contribution in [0, 0.1) is 6.92 Å². The van der Waals surface area contributed by atoms with Crippen LogP contribution in [0.3, 0.4) is 0 Å². The molecule has 0 aliphatic carbocycles. The molecule has 2 heterocycles. The number of carbonyl (C=O) groups is 1. The largest absolute Gasteiger partial charge is 0.339 e. The van der Waals surface area contributed by atoms with E-state index in [0.29, 0.717) is 6.54 Å². The van der Waals surface area contributed by atoms with E-state index >= 15 is 0 Å². The van der Waals surface area contributed by atoms with E-state index in [4.69, 9.17) is 11.6 Å². The van der Waals surface area contributed by atoms with Crippen molar-refractivity contribution in [1.82, 2.24) is 19.6 Å². The number of benzene rings is 1. The van der Waals surface area contributed by atoms with Gasteiger partial charge < -0.3 is 4.90 Å². The Labute approximate surface area is 155 Å². The van der Waals surface area contributed by atoms with E-state index in [1.54, 1.807) is 4.68 Å². The van der Waals surface area contributed by atoms with Crippen molar-refractivity contribution in [1.29, 1.82) is 0 Å². The average molecular weight is 412 g/mol. The van der Waals surface area contributed by atoms with Gasteiger partial charge in [0.15, 0.2) is 0 Å². The van der Waals surface area contributed by atoms with Gasteiger partial charge in [0, 0.05) is 43.9 Å². The third kappa shape index (κ3) is 4.37. The maximum Gasteiger partial charge on any atom is 0.244 e. The number of carbonyl (C=O) groups excluding carboxylic acids is 1. The van der Waals surface area contributed by atoms with Crippen molar-refractivity contribution in [3.05, 3.63) is 51.2 Å². The van der Waals surface area contributed by atoms with Crippen LogP contribution in [0.4, 0.5) is 0 Å². The van der Waals surface area contributed by atoms with Crippen LogP contribution < -0.4 is 0 Å². The number of amides is 1. The average Bonchev–Trinajstić information content (AvgIpc) is 2.86. The van der Waals surface area contributed by atoms with E-state index in [1.807, 2.05) is 36.2 Å². The Kier molecular flexibility index (Phi) is 5.58. The smallest absolute Gasteiger partial charge is 0.244 e. The lowest BCUT2D eigenvalue weighted by Gasteiger charge is -2.34. The summed E-state index contributed by atoms with van der Waals surface area (Å²) < 4.78 is 2.63. The number of hydrogen-bond acceptors (Lipinski definition) is 3. The molecule has 1 aromatic heterocycles. The molecule has 1 fully saturated rings. The van der Waals surface area contributed by atoms with Gasteiger partial charge in [0.1, 0.15) is 6.54 Å². The Hall–Kier alpha value is -1.37. The van der Waals surface area contributed by atoms with Crippen molar-refractivity contribution in [3.8, 4) is 0 Å². The summed E-state index contributed by atoms with van der Waals surface area (Å²) in [6.45, 7) is 6.33. The zero-order valence-corrected chi connectivity index (χ0v) is 15.9. The van der Waals surface area contributed by atoms with Crippen molar-refractivity contribution >= 4 is 33.4 Å². The first-order chi connectivity index (χ1) is 11.5. The first-order valence-corrected chi connectivity index (χ1v) is 9.12. The van der Waals surface area contributed by atoms with Crippen LogP contribution in [0.5, 0.6) is 0 Å². The van der Waals surface area contributed by atoms with Crippen molar-refractivity contribution < 1.29 is 4.79 Å². The summed E-state index contributed by atoms with van der Waals surface area (Å²) in [5, 5.41) is 5.09. The summed E-state index contributed by atoms with van der Waals surface area (Å²) in [4.78, 5) is 16.7. The minimum absolute atomic E-state index is 0.118. The highest BCUT2D eigenvalue weighted by atomic mass is 79.9. The second kappa shape index (κ2) is 7.68. The molecule has 7 heteroatoms. The molecule has 0 spiro atoms. The third-order valence-electron chi connectivity index (χ3n) is 4.20. The molecular weight excluding hydrogens is 392 g/mol. The Bertz CT molecular complexity index is 706. The highest BCUT2D eigenvalue weighted by Gasteiger charge is 2.21. The Morgan fingerprint density at radius 3 is 2.67 bits per heavy atom. The SMILES string of the molecule is Cc1nn(CC(=O)N2CCN(Cc3cccc(Cl)c3)CC2)cc1Br. The van der Waals surface area contributed by atoms with Crippen molar-refractivity contribution in [2.75, 3.05) is 26.2 Å². The maximum atomic E-state index is 12.4. The minimum atomic E-state index is 0.118. The van der Waals surface area contributed by atoms with E-state index in [2.05, 4.69) is 32.0 Å². The van der Waals surface area contributed by atoms with Crippen LogP contribution >= 0.6 is 27.5 Å². The van der Waals surface area contributed by atoms with Crippen LogP contribution in [-0.2, 0) is 17.9 Å². The molecule has 5 nitrogen and oxygen atoms in total.